The molecule has 0 spiro atoms. The highest BCUT2D eigenvalue weighted by molar-refractivity contribution is 7.13. The topological polar surface area (TPSA) is 60.9 Å². The van der Waals surface area contributed by atoms with Gasteiger partial charge < -0.3 is 10.0 Å². The molecule has 5 nitrogen and oxygen atoms in total. The van der Waals surface area contributed by atoms with Gasteiger partial charge in [0, 0.05) is 37.6 Å². The van der Waals surface area contributed by atoms with E-state index in [4.69, 9.17) is 5.11 Å². The molecule has 1 fully saturated rings. The number of aryl methyl sites for hydroxylation is 1. The van der Waals surface area contributed by atoms with Gasteiger partial charge >= 0.3 is 5.97 Å². The van der Waals surface area contributed by atoms with Gasteiger partial charge in [-0.2, -0.15) is 0 Å². The van der Waals surface area contributed by atoms with Gasteiger partial charge in [0.25, 0.3) is 5.91 Å². The van der Waals surface area contributed by atoms with Crippen LogP contribution in [0.25, 0.3) is 0 Å². The summed E-state index contributed by atoms with van der Waals surface area (Å²) < 4.78 is 0. The maximum Gasteiger partial charge on any atom is 0.335 e. The molecule has 1 saturated heterocycles. The Morgan fingerprint density at radius 2 is 1.71 bits per heavy atom. The molecule has 0 unspecified atom stereocenters. The van der Waals surface area contributed by atoms with Crippen LogP contribution < -0.4 is 0 Å². The normalized spacial score (nSPS) is 15.5. The first-order valence-electron chi connectivity index (χ1n) is 7.93. The second-order valence-corrected chi connectivity index (χ2v) is 7.27. The molecule has 1 aliphatic rings. The van der Waals surface area contributed by atoms with Crippen molar-refractivity contribution in [1.29, 1.82) is 0 Å². The Kier molecular flexibility index (Phi) is 4.97. The highest BCUT2D eigenvalue weighted by Gasteiger charge is 2.23. The van der Waals surface area contributed by atoms with Crippen LogP contribution in [0.1, 0.15) is 30.5 Å². The first kappa shape index (κ1) is 16.7. The number of rotatable bonds is 4. The molecule has 2 heterocycles. The van der Waals surface area contributed by atoms with Gasteiger partial charge in [0.15, 0.2) is 0 Å². The van der Waals surface area contributed by atoms with Crippen molar-refractivity contribution in [3.63, 3.8) is 0 Å². The molecule has 1 aromatic carbocycles. The van der Waals surface area contributed by atoms with E-state index in [1.165, 1.54) is 0 Å². The lowest BCUT2D eigenvalue weighted by Crippen LogP contribution is -2.48. The number of aromatic carboxylic acids is 1. The van der Waals surface area contributed by atoms with Crippen LogP contribution in [0.2, 0.25) is 0 Å². The van der Waals surface area contributed by atoms with E-state index in [1.807, 2.05) is 36.1 Å². The molecule has 126 valence electrons. The highest BCUT2D eigenvalue weighted by atomic mass is 32.1. The van der Waals surface area contributed by atoms with E-state index in [0.717, 1.165) is 48.0 Å². The van der Waals surface area contributed by atoms with Crippen LogP contribution >= 0.6 is 11.3 Å². The van der Waals surface area contributed by atoms with Crippen LogP contribution in [0, 0.1) is 6.92 Å². The van der Waals surface area contributed by atoms with Crippen LogP contribution in [-0.4, -0.2) is 53.0 Å². The van der Waals surface area contributed by atoms with Crippen LogP contribution in [0.4, 0.5) is 0 Å². The lowest BCUT2D eigenvalue weighted by atomic mass is 10.1. The number of benzene rings is 1. The molecule has 0 aliphatic carbocycles. The van der Waals surface area contributed by atoms with Gasteiger partial charge in [-0.15, -0.1) is 11.3 Å². The number of carbonyl (C=O) groups is 2. The number of carboxylic acid groups (broad SMARTS) is 1. The van der Waals surface area contributed by atoms with Gasteiger partial charge in [-0.3, -0.25) is 9.69 Å². The fourth-order valence-electron chi connectivity index (χ4n) is 2.83. The molecular weight excluding hydrogens is 324 g/mol. The number of piperazine rings is 1. The predicted octanol–water partition coefficient (Wildman–Crippen LogP) is 2.71. The van der Waals surface area contributed by atoms with Crippen molar-refractivity contribution in [3.8, 4) is 0 Å². The third kappa shape index (κ3) is 3.83. The SMILES string of the molecule is Cc1ccc(C(=O)N2CCN(Cc3ccc(C(=O)O)cc3)CC2)s1. The average Bonchev–Trinajstić information content (AvgIpc) is 3.02. The number of thiophene rings is 1. The molecule has 0 saturated carbocycles. The molecular formula is C18H20N2O3S. The van der Waals surface area contributed by atoms with Crippen molar-refractivity contribution in [2.45, 2.75) is 13.5 Å². The van der Waals surface area contributed by atoms with E-state index >= 15 is 0 Å². The molecule has 1 N–H and O–H groups in total. The van der Waals surface area contributed by atoms with Gasteiger partial charge in [-0.1, -0.05) is 12.1 Å². The monoisotopic (exact) mass is 344 g/mol. The summed E-state index contributed by atoms with van der Waals surface area (Å²) in [7, 11) is 0. The minimum Gasteiger partial charge on any atom is -0.478 e. The lowest BCUT2D eigenvalue weighted by molar-refractivity contribution is 0.0632. The minimum atomic E-state index is -0.905. The van der Waals surface area contributed by atoms with Gasteiger partial charge in [0.05, 0.1) is 10.4 Å². The summed E-state index contributed by atoms with van der Waals surface area (Å²) >= 11 is 1.54. The predicted molar refractivity (Wildman–Crippen MR) is 93.6 cm³/mol. The number of carboxylic acids is 1. The number of nitrogens with zero attached hydrogens (tertiary/aromatic N) is 2. The van der Waals surface area contributed by atoms with Crippen molar-refractivity contribution in [2.24, 2.45) is 0 Å². The Morgan fingerprint density at radius 1 is 1.04 bits per heavy atom. The fourth-order valence-corrected chi connectivity index (χ4v) is 3.66. The Morgan fingerprint density at radius 3 is 2.25 bits per heavy atom. The third-order valence-electron chi connectivity index (χ3n) is 4.22. The van der Waals surface area contributed by atoms with Crippen molar-refractivity contribution in [1.82, 2.24) is 9.80 Å². The van der Waals surface area contributed by atoms with E-state index in [9.17, 15) is 9.59 Å². The standard InChI is InChI=1S/C18H20N2O3S/c1-13-2-7-16(24-13)17(21)20-10-8-19(9-11-20)12-14-3-5-15(6-4-14)18(22)23/h2-7H,8-12H2,1H3,(H,22,23). The zero-order valence-corrected chi connectivity index (χ0v) is 14.4. The summed E-state index contributed by atoms with van der Waals surface area (Å²) in [6.45, 7) is 5.90. The summed E-state index contributed by atoms with van der Waals surface area (Å²) in [5.74, 6) is -0.781. The molecule has 0 radical (unpaired) electrons. The average molecular weight is 344 g/mol. The molecule has 1 aromatic heterocycles. The number of hydrogen-bond donors (Lipinski definition) is 1. The first-order chi connectivity index (χ1) is 11.5. The van der Waals surface area contributed by atoms with Gasteiger partial charge in [-0.05, 0) is 36.8 Å². The summed E-state index contributed by atoms with van der Waals surface area (Å²) in [6.07, 6.45) is 0. The smallest absolute Gasteiger partial charge is 0.335 e. The molecule has 0 bridgehead atoms. The van der Waals surface area contributed by atoms with E-state index < -0.39 is 5.97 Å². The molecule has 2 aromatic rings. The zero-order valence-electron chi connectivity index (χ0n) is 13.6. The molecule has 1 aliphatic heterocycles. The van der Waals surface area contributed by atoms with Gasteiger partial charge in [0.1, 0.15) is 0 Å². The number of carbonyl (C=O) groups excluding carboxylic acids is 1. The maximum absolute atomic E-state index is 12.4. The van der Waals surface area contributed by atoms with E-state index in [0.29, 0.717) is 5.56 Å². The van der Waals surface area contributed by atoms with Gasteiger partial charge in [-0.25, -0.2) is 4.79 Å². The lowest BCUT2D eigenvalue weighted by Gasteiger charge is -2.34. The van der Waals surface area contributed by atoms with Crippen molar-refractivity contribution in [3.05, 3.63) is 57.3 Å². The highest BCUT2D eigenvalue weighted by Crippen LogP contribution is 2.18. The molecule has 1 amide bonds. The molecule has 3 rings (SSSR count). The van der Waals surface area contributed by atoms with Crippen molar-refractivity contribution >= 4 is 23.2 Å². The van der Waals surface area contributed by atoms with Crippen molar-refractivity contribution < 1.29 is 14.7 Å². The second kappa shape index (κ2) is 7.15. The molecule has 6 heteroatoms. The summed E-state index contributed by atoms with van der Waals surface area (Å²) in [6, 6.07) is 10.9. The van der Waals surface area contributed by atoms with Crippen LogP contribution in [-0.2, 0) is 6.54 Å². The fraction of sp³-hybridized carbons (Fsp3) is 0.333. The molecule has 0 atom stereocenters. The quantitative estimate of drug-likeness (QED) is 0.926. The van der Waals surface area contributed by atoms with Gasteiger partial charge in [0.2, 0.25) is 0 Å². The van der Waals surface area contributed by atoms with E-state index in [2.05, 4.69) is 4.90 Å². The third-order valence-corrected chi connectivity index (χ3v) is 5.21. The summed E-state index contributed by atoms with van der Waals surface area (Å²) in [5.41, 5.74) is 1.40. The molecule has 24 heavy (non-hydrogen) atoms. The van der Waals surface area contributed by atoms with Crippen LogP contribution in [0.3, 0.4) is 0 Å². The second-order valence-electron chi connectivity index (χ2n) is 5.98. The number of hydrogen-bond acceptors (Lipinski definition) is 4. The Hall–Kier alpha value is -2.18. The maximum atomic E-state index is 12.4. The zero-order chi connectivity index (χ0) is 17.1. The van der Waals surface area contributed by atoms with Crippen LogP contribution in [0.15, 0.2) is 36.4 Å². The van der Waals surface area contributed by atoms with Crippen LogP contribution in [0.5, 0.6) is 0 Å². The summed E-state index contributed by atoms with van der Waals surface area (Å²) in [4.78, 5) is 29.5. The first-order valence-corrected chi connectivity index (χ1v) is 8.75. The Balaban J connectivity index is 1.53. The number of amides is 1. The van der Waals surface area contributed by atoms with E-state index in [1.54, 1.807) is 23.5 Å². The van der Waals surface area contributed by atoms with Crippen molar-refractivity contribution in [2.75, 3.05) is 26.2 Å². The minimum absolute atomic E-state index is 0.124. The Bertz CT molecular complexity index is 731. The van der Waals surface area contributed by atoms with E-state index in [-0.39, 0.29) is 5.91 Å². The summed E-state index contributed by atoms with van der Waals surface area (Å²) in [5, 5.41) is 8.93. The largest absolute Gasteiger partial charge is 0.478 e. The Labute approximate surface area is 145 Å².